The molecule has 1 aliphatic rings. The van der Waals surface area contributed by atoms with Crippen LogP contribution in [0.15, 0.2) is 48.5 Å². The van der Waals surface area contributed by atoms with Crippen LogP contribution in [-0.4, -0.2) is 51.9 Å². The van der Waals surface area contributed by atoms with Crippen molar-refractivity contribution >= 4 is 22.6 Å². The highest BCUT2D eigenvalue weighted by atomic mass is 19.4. The van der Waals surface area contributed by atoms with E-state index in [1.54, 1.807) is 0 Å². The number of alkyl halides is 3. The Labute approximate surface area is 189 Å². The van der Waals surface area contributed by atoms with Gasteiger partial charge in [0.25, 0.3) is 5.91 Å². The number of aromatic nitrogens is 2. The second-order valence-corrected chi connectivity index (χ2v) is 8.51. The van der Waals surface area contributed by atoms with Gasteiger partial charge in [-0.05, 0) is 44.4 Å². The molecule has 33 heavy (non-hydrogen) atoms. The van der Waals surface area contributed by atoms with Crippen molar-refractivity contribution in [2.45, 2.75) is 44.5 Å². The Hall–Kier alpha value is -3.20. The second-order valence-electron chi connectivity index (χ2n) is 8.51. The Kier molecular flexibility index (Phi) is 6.00. The van der Waals surface area contributed by atoms with E-state index in [4.69, 9.17) is 9.97 Å². The van der Waals surface area contributed by atoms with Gasteiger partial charge in [0.05, 0.1) is 5.52 Å². The third kappa shape index (κ3) is 4.50. The topological polar surface area (TPSA) is 78.4 Å². The van der Waals surface area contributed by atoms with E-state index in [0.717, 1.165) is 27.8 Å². The average molecular weight is 458 g/mol. The molecule has 2 aromatic carbocycles. The van der Waals surface area contributed by atoms with Gasteiger partial charge in [0.15, 0.2) is 5.82 Å². The first-order chi connectivity index (χ1) is 15.6. The number of hydrogen-bond acceptors (Lipinski definition) is 5. The van der Waals surface area contributed by atoms with Crippen molar-refractivity contribution in [3.63, 3.8) is 0 Å². The number of aliphatic hydroxyl groups is 1. The summed E-state index contributed by atoms with van der Waals surface area (Å²) >= 11 is 0. The molecule has 9 heteroatoms. The number of piperidine rings is 1. The Bertz CT molecular complexity index is 1170. The molecule has 1 atom stereocenters. The fourth-order valence-corrected chi connectivity index (χ4v) is 3.94. The Balaban J connectivity index is 1.56. The maximum absolute atomic E-state index is 12.9. The van der Waals surface area contributed by atoms with Crippen LogP contribution < -0.4 is 10.2 Å². The van der Waals surface area contributed by atoms with E-state index in [9.17, 15) is 23.1 Å². The van der Waals surface area contributed by atoms with Gasteiger partial charge in [-0.2, -0.15) is 13.2 Å². The third-order valence-corrected chi connectivity index (χ3v) is 6.09. The molecule has 6 nitrogen and oxygen atoms in total. The first-order valence-electron chi connectivity index (χ1n) is 10.8. The summed E-state index contributed by atoms with van der Waals surface area (Å²) in [5.74, 6) is -0.0628. The number of aryl methyl sites for hydroxylation is 1. The smallest absolute Gasteiger partial charge is 0.373 e. The highest BCUT2D eigenvalue weighted by Crippen LogP contribution is 2.32. The monoisotopic (exact) mass is 458 g/mol. The number of halogens is 3. The summed E-state index contributed by atoms with van der Waals surface area (Å²) in [6, 6.07) is 15.1. The molecule has 3 aromatic rings. The van der Waals surface area contributed by atoms with Crippen molar-refractivity contribution in [2.24, 2.45) is 0 Å². The molecule has 0 aliphatic carbocycles. The van der Waals surface area contributed by atoms with E-state index in [-0.39, 0.29) is 0 Å². The number of fused-ring (bicyclic) bond motifs is 1. The molecule has 1 fully saturated rings. The summed E-state index contributed by atoms with van der Waals surface area (Å²) in [5, 5.41) is 12.8. The fraction of sp³-hybridized carbons (Fsp3) is 0.375. The van der Waals surface area contributed by atoms with Crippen LogP contribution in [0, 0.1) is 6.92 Å². The molecular weight excluding hydrogens is 433 g/mol. The molecule has 0 bridgehead atoms. The van der Waals surface area contributed by atoms with Crippen LogP contribution in [0.5, 0.6) is 0 Å². The van der Waals surface area contributed by atoms with Gasteiger partial charge in [-0.15, -0.1) is 0 Å². The molecule has 174 valence electrons. The lowest BCUT2D eigenvalue weighted by atomic mass is 10.0. The first-order valence-corrected chi connectivity index (χ1v) is 10.8. The van der Waals surface area contributed by atoms with Crippen LogP contribution in [-0.2, 0) is 4.79 Å². The molecular formula is C24H25F3N4O2. The quantitative estimate of drug-likeness (QED) is 0.618. The molecule has 0 spiro atoms. The summed E-state index contributed by atoms with van der Waals surface area (Å²) in [5.41, 5.74) is -0.634. The highest BCUT2D eigenvalue weighted by molar-refractivity contribution is 5.91. The van der Waals surface area contributed by atoms with Crippen LogP contribution in [0.3, 0.4) is 0 Å². The number of carbonyl (C=O) groups excluding carboxylic acids is 1. The van der Waals surface area contributed by atoms with Crippen LogP contribution in [0.4, 0.5) is 19.0 Å². The van der Waals surface area contributed by atoms with Crippen molar-refractivity contribution < 1.29 is 23.1 Å². The van der Waals surface area contributed by atoms with E-state index in [1.165, 1.54) is 0 Å². The van der Waals surface area contributed by atoms with Gasteiger partial charge in [0.1, 0.15) is 5.82 Å². The molecule has 1 aliphatic heterocycles. The van der Waals surface area contributed by atoms with Gasteiger partial charge >= 0.3 is 6.18 Å². The number of hydrogen-bond donors (Lipinski definition) is 2. The number of anilines is 1. The third-order valence-electron chi connectivity index (χ3n) is 6.09. The number of rotatable bonds is 4. The fourth-order valence-electron chi connectivity index (χ4n) is 3.94. The van der Waals surface area contributed by atoms with Crippen molar-refractivity contribution in [1.29, 1.82) is 0 Å². The van der Waals surface area contributed by atoms with Crippen molar-refractivity contribution in [3.05, 3.63) is 54.1 Å². The van der Waals surface area contributed by atoms with Crippen LogP contribution in [0.2, 0.25) is 0 Å². The van der Waals surface area contributed by atoms with E-state index >= 15 is 0 Å². The van der Waals surface area contributed by atoms with E-state index in [1.807, 2.05) is 55.5 Å². The summed E-state index contributed by atoms with van der Waals surface area (Å²) < 4.78 is 38.8. The van der Waals surface area contributed by atoms with Gasteiger partial charge in [0, 0.05) is 30.1 Å². The molecule has 2 heterocycles. The minimum atomic E-state index is -5.04. The van der Waals surface area contributed by atoms with Gasteiger partial charge in [0.2, 0.25) is 5.60 Å². The lowest BCUT2D eigenvalue weighted by Gasteiger charge is -2.35. The second kappa shape index (κ2) is 8.62. The lowest BCUT2D eigenvalue weighted by Crippen LogP contribution is -2.58. The minimum Gasteiger partial charge on any atom is -0.373 e. The molecule has 0 saturated carbocycles. The lowest BCUT2D eigenvalue weighted by molar-refractivity contribution is -0.245. The largest absolute Gasteiger partial charge is 0.426 e. The standard InChI is InChI=1S/C24H25F3N4O2/c1-15-7-3-4-8-17(15)20-29-19-10-6-5-9-18(19)21(30-20)31-13-11-16(12-14-31)28-22(32)23(2,33)24(25,26)27/h3-10,16,33H,11-14H2,1-2H3,(H,28,32). The summed E-state index contributed by atoms with van der Waals surface area (Å²) in [7, 11) is 0. The number of para-hydroxylation sites is 1. The van der Waals surface area contributed by atoms with Gasteiger partial charge in [-0.1, -0.05) is 36.4 Å². The molecule has 2 N–H and O–H groups in total. The maximum atomic E-state index is 12.9. The summed E-state index contributed by atoms with van der Waals surface area (Å²) in [6.07, 6.45) is -4.18. The predicted molar refractivity (Wildman–Crippen MR) is 120 cm³/mol. The summed E-state index contributed by atoms with van der Waals surface area (Å²) in [6.45, 7) is 3.45. The number of benzene rings is 2. The molecule has 1 saturated heterocycles. The zero-order chi connectivity index (χ0) is 23.8. The zero-order valence-electron chi connectivity index (χ0n) is 18.4. The van der Waals surface area contributed by atoms with Crippen molar-refractivity contribution in [1.82, 2.24) is 15.3 Å². The highest BCUT2D eigenvalue weighted by Gasteiger charge is 2.56. The molecule has 0 radical (unpaired) electrons. The van der Waals surface area contributed by atoms with Crippen LogP contribution in [0.25, 0.3) is 22.3 Å². The molecule has 1 amide bonds. The SMILES string of the molecule is Cc1ccccc1-c1nc(N2CCC(NC(=O)C(C)(O)C(F)(F)F)CC2)c2ccccc2n1. The van der Waals surface area contributed by atoms with Crippen molar-refractivity contribution in [3.8, 4) is 11.4 Å². The molecule has 4 rings (SSSR count). The Morgan fingerprint density at radius 2 is 1.70 bits per heavy atom. The van der Waals surface area contributed by atoms with Crippen molar-refractivity contribution in [2.75, 3.05) is 18.0 Å². The Morgan fingerprint density at radius 3 is 2.36 bits per heavy atom. The normalized spacial score (nSPS) is 17.1. The molecule has 1 aromatic heterocycles. The van der Waals surface area contributed by atoms with E-state index in [0.29, 0.717) is 38.7 Å². The number of nitrogens with zero attached hydrogens (tertiary/aromatic N) is 3. The van der Waals surface area contributed by atoms with Gasteiger partial charge < -0.3 is 15.3 Å². The van der Waals surface area contributed by atoms with E-state index < -0.39 is 23.7 Å². The number of nitrogens with one attached hydrogen (secondary N) is 1. The maximum Gasteiger partial charge on any atom is 0.426 e. The van der Waals surface area contributed by atoms with Gasteiger partial charge in [-0.25, -0.2) is 9.97 Å². The number of carbonyl (C=O) groups is 1. The minimum absolute atomic E-state index is 0.428. The molecule has 1 unspecified atom stereocenters. The van der Waals surface area contributed by atoms with Gasteiger partial charge in [-0.3, -0.25) is 4.79 Å². The summed E-state index contributed by atoms with van der Waals surface area (Å²) in [4.78, 5) is 23.7. The van der Waals surface area contributed by atoms with E-state index in [2.05, 4.69) is 10.2 Å². The Morgan fingerprint density at radius 1 is 1.06 bits per heavy atom. The average Bonchev–Trinajstić information content (AvgIpc) is 2.78. The van der Waals surface area contributed by atoms with Crippen LogP contribution >= 0.6 is 0 Å². The number of amides is 1. The van der Waals surface area contributed by atoms with Crippen LogP contribution in [0.1, 0.15) is 25.3 Å². The first kappa shape index (κ1) is 23.0. The zero-order valence-corrected chi connectivity index (χ0v) is 18.4. The predicted octanol–water partition coefficient (Wildman–Crippen LogP) is 4.00.